The molecule has 0 saturated carbocycles. The predicted octanol–water partition coefficient (Wildman–Crippen LogP) is 2.67. The van der Waals surface area contributed by atoms with Gasteiger partial charge < -0.3 is 15.4 Å². The zero-order chi connectivity index (χ0) is 25.9. The number of imide groups is 1. The minimum Gasteiger partial charge on any atom is -0.495 e. The molecular formula is C25H30N4O6S. The van der Waals surface area contributed by atoms with Crippen molar-refractivity contribution in [3.05, 3.63) is 54.1 Å². The Morgan fingerprint density at radius 3 is 2.36 bits per heavy atom. The summed E-state index contributed by atoms with van der Waals surface area (Å²) >= 11 is 0. The van der Waals surface area contributed by atoms with Crippen LogP contribution in [0.3, 0.4) is 0 Å². The molecule has 0 unspecified atom stereocenters. The Hall–Kier alpha value is -3.44. The third kappa shape index (κ3) is 4.93. The first-order valence-corrected chi connectivity index (χ1v) is 13.3. The summed E-state index contributed by atoms with van der Waals surface area (Å²) < 4.78 is 33.2. The smallest absolute Gasteiger partial charge is 0.325 e. The molecule has 0 radical (unpaired) electrons. The lowest BCUT2D eigenvalue weighted by Gasteiger charge is -2.22. The molecule has 2 aromatic rings. The van der Waals surface area contributed by atoms with Gasteiger partial charge in [-0.05, 0) is 43.5 Å². The van der Waals surface area contributed by atoms with Gasteiger partial charge in [0.05, 0.1) is 17.7 Å². The van der Waals surface area contributed by atoms with Gasteiger partial charge in [0.15, 0.2) is 0 Å². The lowest BCUT2D eigenvalue weighted by Crippen LogP contribution is -2.42. The minimum atomic E-state index is -3.76. The maximum atomic E-state index is 13.2. The van der Waals surface area contributed by atoms with Gasteiger partial charge in [-0.1, -0.05) is 43.2 Å². The van der Waals surface area contributed by atoms with Crippen LogP contribution in [-0.2, 0) is 25.2 Å². The van der Waals surface area contributed by atoms with Crippen LogP contribution in [0.2, 0.25) is 0 Å². The Morgan fingerprint density at radius 2 is 1.72 bits per heavy atom. The number of hydrogen-bond acceptors (Lipinski definition) is 6. The fraction of sp³-hybridized carbons (Fsp3) is 0.400. The molecule has 10 nitrogen and oxygen atoms in total. The van der Waals surface area contributed by atoms with Crippen LogP contribution < -0.4 is 15.4 Å². The van der Waals surface area contributed by atoms with Crippen LogP contribution in [0.15, 0.2) is 53.4 Å². The number of benzene rings is 2. The van der Waals surface area contributed by atoms with Gasteiger partial charge in [-0.25, -0.2) is 13.2 Å². The molecule has 11 heteroatoms. The van der Waals surface area contributed by atoms with Gasteiger partial charge in [0.1, 0.15) is 17.8 Å². The number of rotatable bonds is 7. The van der Waals surface area contributed by atoms with E-state index < -0.39 is 40.0 Å². The zero-order valence-corrected chi connectivity index (χ0v) is 21.1. The largest absolute Gasteiger partial charge is 0.495 e. The van der Waals surface area contributed by atoms with Crippen molar-refractivity contribution < 1.29 is 27.5 Å². The second-order valence-electron chi connectivity index (χ2n) is 9.04. The molecule has 192 valence electrons. The van der Waals surface area contributed by atoms with Crippen LogP contribution in [0.1, 0.15) is 38.2 Å². The second kappa shape index (κ2) is 10.3. The summed E-state index contributed by atoms with van der Waals surface area (Å²) in [6.45, 7) is 1.94. The molecule has 1 atom stereocenters. The number of urea groups is 1. The number of nitrogens with one attached hydrogen (secondary N) is 2. The number of sulfonamides is 1. The van der Waals surface area contributed by atoms with Crippen molar-refractivity contribution in [3.8, 4) is 5.75 Å². The Labute approximate surface area is 210 Å². The van der Waals surface area contributed by atoms with Crippen LogP contribution in [0.5, 0.6) is 5.75 Å². The number of carbonyl (C=O) groups excluding carboxylic acids is 3. The molecule has 0 aliphatic carbocycles. The predicted molar refractivity (Wildman–Crippen MR) is 133 cm³/mol. The highest BCUT2D eigenvalue weighted by atomic mass is 32.2. The van der Waals surface area contributed by atoms with Gasteiger partial charge in [-0.15, -0.1) is 0 Å². The second-order valence-corrected chi connectivity index (χ2v) is 11.0. The van der Waals surface area contributed by atoms with E-state index in [1.165, 1.54) is 29.6 Å². The number of methoxy groups -OCH3 is 1. The first-order chi connectivity index (χ1) is 17.2. The Balaban J connectivity index is 1.52. The highest BCUT2D eigenvalue weighted by Crippen LogP contribution is 2.31. The number of hydrogen-bond donors (Lipinski definition) is 2. The van der Waals surface area contributed by atoms with Gasteiger partial charge in [0, 0.05) is 13.1 Å². The molecule has 2 aliphatic rings. The molecule has 0 bridgehead atoms. The molecule has 2 N–H and O–H groups in total. The molecule has 0 spiro atoms. The Morgan fingerprint density at radius 1 is 1.06 bits per heavy atom. The number of carbonyl (C=O) groups is 3. The van der Waals surface area contributed by atoms with E-state index in [4.69, 9.17) is 4.74 Å². The normalized spacial score (nSPS) is 21.1. The molecule has 4 amide bonds. The van der Waals surface area contributed by atoms with Crippen molar-refractivity contribution in [2.24, 2.45) is 0 Å². The summed E-state index contributed by atoms with van der Waals surface area (Å²) in [4.78, 5) is 39.4. The molecule has 4 rings (SSSR count). The molecular weight excluding hydrogens is 484 g/mol. The van der Waals surface area contributed by atoms with E-state index in [0.29, 0.717) is 18.7 Å². The summed E-state index contributed by atoms with van der Waals surface area (Å²) in [5, 5.41) is 5.26. The van der Waals surface area contributed by atoms with Crippen molar-refractivity contribution in [2.75, 3.05) is 32.1 Å². The van der Waals surface area contributed by atoms with Crippen LogP contribution in [0.4, 0.5) is 10.5 Å². The van der Waals surface area contributed by atoms with E-state index in [9.17, 15) is 22.8 Å². The molecule has 2 fully saturated rings. The summed E-state index contributed by atoms with van der Waals surface area (Å²) in [6.07, 6.45) is 3.57. The highest BCUT2D eigenvalue weighted by molar-refractivity contribution is 7.89. The average molecular weight is 515 g/mol. The van der Waals surface area contributed by atoms with Crippen molar-refractivity contribution in [1.29, 1.82) is 0 Å². The summed E-state index contributed by atoms with van der Waals surface area (Å²) in [7, 11) is -2.36. The van der Waals surface area contributed by atoms with Gasteiger partial charge in [-0.3, -0.25) is 14.5 Å². The van der Waals surface area contributed by atoms with Gasteiger partial charge in [0.2, 0.25) is 15.9 Å². The third-order valence-electron chi connectivity index (χ3n) is 6.58. The first kappa shape index (κ1) is 25.6. The highest BCUT2D eigenvalue weighted by Gasteiger charge is 2.49. The average Bonchev–Trinajstić information content (AvgIpc) is 3.06. The van der Waals surface area contributed by atoms with Gasteiger partial charge in [-0.2, -0.15) is 4.31 Å². The van der Waals surface area contributed by atoms with Crippen LogP contribution >= 0.6 is 0 Å². The maximum absolute atomic E-state index is 13.2. The van der Waals surface area contributed by atoms with Crippen molar-refractivity contribution in [1.82, 2.24) is 14.5 Å². The van der Waals surface area contributed by atoms with E-state index in [1.54, 1.807) is 37.3 Å². The Kier molecular flexibility index (Phi) is 7.32. The number of nitrogens with zero attached hydrogens (tertiary/aromatic N) is 2. The summed E-state index contributed by atoms with van der Waals surface area (Å²) in [5.74, 6) is -0.971. The van der Waals surface area contributed by atoms with E-state index >= 15 is 0 Å². The monoisotopic (exact) mass is 514 g/mol. The molecule has 2 saturated heterocycles. The molecule has 2 aromatic carbocycles. The lowest BCUT2D eigenvalue weighted by molar-refractivity contribution is -0.133. The van der Waals surface area contributed by atoms with Crippen molar-refractivity contribution in [3.63, 3.8) is 0 Å². The molecule has 0 aromatic heterocycles. The minimum absolute atomic E-state index is 0.0344. The van der Waals surface area contributed by atoms with Gasteiger partial charge in [0.25, 0.3) is 5.91 Å². The standard InChI is InChI=1S/C25H30N4O6S/c1-25(18-10-6-5-7-11-18)23(31)29(24(32)27-25)17-22(30)26-20-16-19(12-13-21(20)35-2)36(33,34)28-14-8-3-4-9-15-28/h5-7,10-13,16H,3-4,8-9,14-15,17H2,1-2H3,(H,26,30)(H,27,32)/t25-/m1/s1. The van der Waals surface area contributed by atoms with E-state index in [1.807, 2.05) is 0 Å². The SMILES string of the molecule is COc1ccc(S(=O)(=O)N2CCCCCC2)cc1NC(=O)CN1C(=O)N[C@](C)(c2ccccc2)C1=O. The number of anilines is 1. The first-order valence-electron chi connectivity index (χ1n) is 11.8. The van der Waals surface area contributed by atoms with Crippen molar-refractivity contribution in [2.45, 2.75) is 43.0 Å². The topological polar surface area (TPSA) is 125 Å². The molecule has 2 aliphatic heterocycles. The fourth-order valence-electron chi connectivity index (χ4n) is 4.52. The summed E-state index contributed by atoms with van der Waals surface area (Å²) in [6, 6.07) is 12.3. The number of ether oxygens (including phenoxy) is 1. The Bertz CT molecular complexity index is 1260. The van der Waals surface area contributed by atoms with E-state index in [-0.39, 0.29) is 16.3 Å². The summed E-state index contributed by atoms with van der Waals surface area (Å²) in [5.41, 5.74) is -0.562. The van der Waals surface area contributed by atoms with Crippen LogP contribution in [-0.4, -0.2) is 62.2 Å². The maximum Gasteiger partial charge on any atom is 0.325 e. The fourth-order valence-corrected chi connectivity index (χ4v) is 6.06. The quantitative estimate of drug-likeness (QED) is 0.548. The van der Waals surface area contributed by atoms with Gasteiger partial charge >= 0.3 is 6.03 Å². The zero-order valence-electron chi connectivity index (χ0n) is 20.3. The van der Waals surface area contributed by atoms with E-state index in [0.717, 1.165) is 30.6 Å². The van der Waals surface area contributed by atoms with Crippen LogP contribution in [0.25, 0.3) is 0 Å². The molecule has 36 heavy (non-hydrogen) atoms. The van der Waals surface area contributed by atoms with E-state index in [2.05, 4.69) is 10.6 Å². The van der Waals surface area contributed by atoms with Crippen molar-refractivity contribution >= 4 is 33.6 Å². The lowest BCUT2D eigenvalue weighted by atomic mass is 9.92. The number of amides is 4. The third-order valence-corrected chi connectivity index (χ3v) is 8.47. The molecule has 2 heterocycles. The van der Waals surface area contributed by atoms with Crippen LogP contribution in [0, 0.1) is 0 Å².